The lowest BCUT2D eigenvalue weighted by atomic mass is 10.1. The first kappa shape index (κ1) is 12.0. The minimum atomic E-state index is -0.142. The van der Waals surface area contributed by atoms with Crippen molar-refractivity contribution in [2.75, 3.05) is 13.6 Å². The van der Waals surface area contributed by atoms with Gasteiger partial charge in [-0.15, -0.1) is 0 Å². The van der Waals surface area contributed by atoms with E-state index >= 15 is 0 Å². The van der Waals surface area contributed by atoms with Crippen LogP contribution in [0.5, 0.6) is 0 Å². The quantitative estimate of drug-likeness (QED) is 0.817. The maximum atomic E-state index is 12.2. The van der Waals surface area contributed by atoms with Crippen molar-refractivity contribution in [2.24, 2.45) is 0 Å². The number of benzene rings is 1. The molecular formula is C13H12N4O. The van der Waals surface area contributed by atoms with Gasteiger partial charge >= 0.3 is 0 Å². The summed E-state index contributed by atoms with van der Waals surface area (Å²) in [7, 11) is 1.68. The van der Waals surface area contributed by atoms with Gasteiger partial charge in [-0.3, -0.25) is 14.8 Å². The fourth-order valence-corrected chi connectivity index (χ4v) is 1.69. The van der Waals surface area contributed by atoms with Gasteiger partial charge in [0, 0.05) is 26.0 Å². The van der Waals surface area contributed by atoms with E-state index in [1.54, 1.807) is 31.6 Å². The van der Waals surface area contributed by atoms with Gasteiger partial charge in [0.1, 0.15) is 5.52 Å². The van der Waals surface area contributed by atoms with Gasteiger partial charge in [-0.05, 0) is 12.1 Å². The molecule has 5 heteroatoms. The lowest BCUT2D eigenvalue weighted by molar-refractivity contribution is 0.0799. The Morgan fingerprint density at radius 1 is 1.39 bits per heavy atom. The number of hydrogen-bond acceptors (Lipinski definition) is 4. The number of carbonyl (C=O) groups excluding carboxylic acids is 1. The Morgan fingerprint density at radius 3 is 2.94 bits per heavy atom. The Kier molecular flexibility index (Phi) is 3.49. The average Bonchev–Trinajstić information content (AvgIpc) is 2.43. The molecule has 5 nitrogen and oxygen atoms in total. The maximum Gasteiger partial charge on any atom is 0.255 e. The van der Waals surface area contributed by atoms with Gasteiger partial charge in [0.15, 0.2) is 0 Å². The standard InChI is InChI=1S/C13H12N4O/c1-17(9-3-6-14)13(18)10-4-2-5-11-12(10)16-8-7-15-11/h2,4-5,7-8H,3,9H2,1H3. The zero-order valence-electron chi connectivity index (χ0n) is 10.00. The number of amides is 1. The van der Waals surface area contributed by atoms with Gasteiger partial charge in [-0.25, -0.2) is 0 Å². The molecule has 0 radical (unpaired) electrons. The summed E-state index contributed by atoms with van der Waals surface area (Å²) in [6.07, 6.45) is 3.48. The van der Waals surface area contributed by atoms with Crippen molar-refractivity contribution >= 4 is 16.9 Å². The van der Waals surface area contributed by atoms with E-state index in [0.29, 0.717) is 29.6 Å². The number of carbonyl (C=O) groups is 1. The largest absolute Gasteiger partial charge is 0.341 e. The van der Waals surface area contributed by atoms with Crippen LogP contribution in [0.15, 0.2) is 30.6 Å². The number of nitriles is 1. The molecule has 18 heavy (non-hydrogen) atoms. The number of aromatic nitrogens is 2. The molecule has 0 aliphatic heterocycles. The van der Waals surface area contributed by atoms with Crippen LogP contribution < -0.4 is 0 Å². The van der Waals surface area contributed by atoms with E-state index in [9.17, 15) is 4.79 Å². The van der Waals surface area contributed by atoms with E-state index < -0.39 is 0 Å². The van der Waals surface area contributed by atoms with Crippen molar-refractivity contribution in [3.05, 3.63) is 36.2 Å². The van der Waals surface area contributed by atoms with E-state index in [2.05, 4.69) is 9.97 Å². The van der Waals surface area contributed by atoms with Gasteiger partial charge in [0.05, 0.1) is 23.6 Å². The molecule has 0 atom stereocenters. The fourth-order valence-electron chi connectivity index (χ4n) is 1.69. The van der Waals surface area contributed by atoms with Crippen molar-refractivity contribution in [3.8, 4) is 6.07 Å². The Morgan fingerprint density at radius 2 is 2.17 bits per heavy atom. The number of hydrogen-bond donors (Lipinski definition) is 0. The first-order chi connectivity index (χ1) is 8.74. The van der Waals surface area contributed by atoms with Crippen LogP contribution in [-0.2, 0) is 0 Å². The molecule has 0 saturated carbocycles. The summed E-state index contributed by atoms with van der Waals surface area (Å²) < 4.78 is 0. The van der Waals surface area contributed by atoms with Crippen LogP contribution in [0.3, 0.4) is 0 Å². The van der Waals surface area contributed by atoms with Gasteiger partial charge in [-0.2, -0.15) is 5.26 Å². The normalized spacial score (nSPS) is 10.0. The smallest absolute Gasteiger partial charge is 0.255 e. The highest BCUT2D eigenvalue weighted by molar-refractivity contribution is 6.04. The molecule has 90 valence electrons. The van der Waals surface area contributed by atoms with Crippen molar-refractivity contribution in [2.45, 2.75) is 6.42 Å². The molecule has 0 N–H and O–H groups in total. The van der Waals surface area contributed by atoms with Gasteiger partial charge in [0.2, 0.25) is 0 Å². The zero-order valence-corrected chi connectivity index (χ0v) is 10.00. The van der Waals surface area contributed by atoms with Crippen LogP contribution >= 0.6 is 0 Å². The molecule has 1 aromatic heterocycles. The van der Waals surface area contributed by atoms with Crippen LogP contribution in [0, 0.1) is 11.3 Å². The van der Waals surface area contributed by atoms with Crippen LogP contribution in [0.4, 0.5) is 0 Å². The molecule has 0 saturated heterocycles. The zero-order chi connectivity index (χ0) is 13.0. The summed E-state index contributed by atoms with van der Waals surface area (Å²) in [5.41, 5.74) is 1.80. The third kappa shape index (κ3) is 2.28. The van der Waals surface area contributed by atoms with Crippen molar-refractivity contribution in [1.29, 1.82) is 5.26 Å². The second-order valence-corrected chi connectivity index (χ2v) is 3.86. The highest BCUT2D eigenvalue weighted by Crippen LogP contribution is 2.15. The summed E-state index contributed by atoms with van der Waals surface area (Å²) in [5.74, 6) is -0.142. The number of nitrogens with zero attached hydrogens (tertiary/aromatic N) is 4. The Bertz CT molecular complexity index is 612. The molecule has 2 rings (SSSR count). The van der Waals surface area contributed by atoms with Gasteiger partial charge in [0.25, 0.3) is 5.91 Å². The van der Waals surface area contributed by atoms with E-state index in [-0.39, 0.29) is 5.91 Å². The predicted molar refractivity (Wildman–Crippen MR) is 66.7 cm³/mol. The second-order valence-electron chi connectivity index (χ2n) is 3.86. The Hall–Kier alpha value is -2.48. The van der Waals surface area contributed by atoms with E-state index in [1.165, 1.54) is 4.90 Å². The van der Waals surface area contributed by atoms with Crippen molar-refractivity contribution in [3.63, 3.8) is 0 Å². The van der Waals surface area contributed by atoms with Crippen molar-refractivity contribution in [1.82, 2.24) is 14.9 Å². The summed E-state index contributed by atoms with van der Waals surface area (Å²) in [6, 6.07) is 7.34. The van der Waals surface area contributed by atoms with E-state index in [0.717, 1.165) is 0 Å². The van der Waals surface area contributed by atoms with Crippen LogP contribution in [0.25, 0.3) is 11.0 Å². The monoisotopic (exact) mass is 240 g/mol. The summed E-state index contributed by atoms with van der Waals surface area (Å²) >= 11 is 0. The molecule has 1 heterocycles. The highest BCUT2D eigenvalue weighted by Gasteiger charge is 2.15. The summed E-state index contributed by atoms with van der Waals surface area (Å²) in [5, 5.41) is 8.53. The number of fused-ring (bicyclic) bond motifs is 1. The number of rotatable bonds is 3. The van der Waals surface area contributed by atoms with Crippen LogP contribution in [0.1, 0.15) is 16.8 Å². The molecule has 0 bridgehead atoms. The third-order valence-electron chi connectivity index (χ3n) is 2.63. The third-order valence-corrected chi connectivity index (χ3v) is 2.63. The average molecular weight is 240 g/mol. The molecule has 0 spiro atoms. The maximum absolute atomic E-state index is 12.2. The second kappa shape index (κ2) is 5.23. The highest BCUT2D eigenvalue weighted by atomic mass is 16.2. The van der Waals surface area contributed by atoms with Gasteiger partial charge < -0.3 is 4.90 Å². The van der Waals surface area contributed by atoms with Crippen LogP contribution in [-0.4, -0.2) is 34.4 Å². The predicted octanol–water partition coefficient (Wildman–Crippen LogP) is 1.62. The molecule has 2 aromatic rings. The topological polar surface area (TPSA) is 69.9 Å². The molecule has 0 unspecified atom stereocenters. The molecular weight excluding hydrogens is 228 g/mol. The molecule has 1 amide bonds. The van der Waals surface area contributed by atoms with E-state index in [1.807, 2.05) is 12.1 Å². The fraction of sp³-hybridized carbons (Fsp3) is 0.231. The molecule has 0 aliphatic carbocycles. The molecule has 0 aliphatic rings. The van der Waals surface area contributed by atoms with Crippen molar-refractivity contribution < 1.29 is 4.79 Å². The van der Waals surface area contributed by atoms with Crippen LogP contribution in [0.2, 0.25) is 0 Å². The first-order valence-corrected chi connectivity index (χ1v) is 5.56. The minimum absolute atomic E-state index is 0.142. The lowest BCUT2D eigenvalue weighted by Crippen LogP contribution is -2.27. The number of para-hydroxylation sites is 1. The summed E-state index contributed by atoms with van der Waals surface area (Å²) in [4.78, 5) is 22.1. The Balaban J connectivity index is 2.36. The van der Waals surface area contributed by atoms with Gasteiger partial charge in [-0.1, -0.05) is 6.07 Å². The Labute approximate surface area is 105 Å². The first-order valence-electron chi connectivity index (χ1n) is 5.56. The lowest BCUT2D eigenvalue weighted by Gasteiger charge is -2.16. The van der Waals surface area contributed by atoms with E-state index in [4.69, 9.17) is 5.26 Å². The minimum Gasteiger partial charge on any atom is -0.341 e. The SMILES string of the molecule is CN(CCC#N)C(=O)c1cccc2nccnc12. The molecule has 0 fully saturated rings. The summed E-state index contributed by atoms with van der Waals surface area (Å²) in [6.45, 7) is 0.409. The molecule has 1 aromatic carbocycles.